The summed E-state index contributed by atoms with van der Waals surface area (Å²) in [6.07, 6.45) is 4.61. The van der Waals surface area contributed by atoms with Crippen molar-refractivity contribution in [3.63, 3.8) is 0 Å². The van der Waals surface area contributed by atoms with E-state index in [2.05, 4.69) is 22.5 Å². The van der Waals surface area contributed by atoms with Crippen molar-refractivity contribution in [2.45, 2.75) is 135 Å². The second-order valence-electron chi connectivity index (χ2n) is 16.7. The summed E-state index contributed by atoms with van der Waals surface area (Å²) in [4.78, 5) is 40.3. The minimum Gasteiger partial charge on any atom is -0.453 e. The molecule has 0 spiro atoms. The summed E-state index contributed by atoms with van der Waals surface area (Å²) in [5.74, 6) is -0.199. The Balaban J connectivity index is 1.26. The lowest BCUT2D eigenvalue weighted by Gasteiger charge is -2.51. The number of hydrogen-bond acceptors (Lipinski definition) is 8. The topological polar surface area (TPSA) is 126 Å². The van der Waals surface area contributed by atoms with Gasteiger partial charge in [-0.15, -0.1) is 0 Å². The highest BCUT2D eigenvalue weighted by Crippen LogP contribution is 2.44. The Morgan fingerprint density at radius 1 is 0.909 bits per heavy atom. The van der Waals surface area contributed by atoms with Gasteiger partial charge in [-0.2, -0.15) is 0 Å². The molecule has 3 aromatic rings. The Bertz CT molecular complexity index is 1770. The molecular weight excluding hydrogens is 695 g/mol. The molecule has 2 saturated heterocycles. The number of hydrogen-bond donors (Lipinski definition) is 3. The smallest absolute Gasteiger partial charge is 0.303 e. The van der Waals surface area contributed by atoms with Gasteiger partial charge in [-0.25, -0.2) is 0 Å². The molecule has 0 radical (unpaired) electrons. The van der Waals surface area contributed by atoms with Crippen LogP contribution in [0.5, 0.6) is 0 Å². The third-order valence-electron chi connectivity index (χ3n) is 11.5. The fraction of sp³-hybridized carbons (Fsp3) is 0.533. The largest absolute Gasteiger partial charge is 0.453 e. The van der Waals surface area contributed by atoms with Crippen molar-refractivity contribution in [2.75, 3.05) is 6.54 Å². The Morgan fingerprint density at radius 2 is 1.60 bits per heavy atom. The summed E-state index contributed by atoms with van der Waals surface area (Å²) in [6.45, 7) is 12.0. The van der Waals surface area contributed by atoms with Gasteiger partial charge in [0.2, 0.25) is 5.91 Å². The molecule has 296 valence electrons. The van der Waals surface area contributed by atoms with Crippen molar-refractivity contribution >= 4 is 17.8 Å². The number of rotatable bonds is 11. The highest BCUT2D eigenvalue weighted by Gasteiger charge is 2.46. The van der Waals surface area contributed by atoms with Gasteiger partial charge < -0.3 is 30.0 Å². The quantitative estimate of drug-likeness (QED) is 0.177. The number of nitrogens with zero attached hydrogens (tertiary/aromatic N) is 1. The highest BCUT2D eigenvalue weighted by molar-refractivity contribution is 5.83. The maximum Gasteiger partial charge on any atom is 0.303 e. The van der Waals surface area contributed by atoms with Crippen molar-refractivity contribution in [2.24, 2.45) is 11.8 Å². The average Bonchev–Trinajstić information content (AvgIpc) is 3.17. The summed E-state index contributed by atoms with van der Waals surface area (Å²) in [6, 6.07) is 24.1. The molecule has 0 bridgehead atoms. The Hall–Kier alpha value is -4.09. The van der Waals surface area contributed by atoms with E-state index < -0.39 is 18.4 Å². The number of aliphatic hydroxyl groups is 1. The van der Waals surface area contributed by atoms with Crippen molar-refractivity contribution in [1.29, 1.82) is 0 Å². The number of fused-ring (bicyclic) bond motifs is 1. The standard InChI is InChI=1S/C45H59N3O7/c1-28-40(26-48-38-14-10-8-11-33(38)23-24-39(48)43(52)47-45(4,5)6)54-44(55-41(28)34-17-15-31(27-49)16-18-34)35-21-19-32(20-22-35)37-13-9-7-12-36(37)25-46-42(51)29(2)53-30(3)50/h7,9,12-13,15-22,28-29,33,38-41,44,49H,8,10-11,14,23-27H2,1-6H3,(H,46,51)(H,47,52)/t28-,29+,33-,38-,39-,40+,41+,44+/m1/s1. The summed E-state index contributed by atoms with van der Waals surface area (Å²) in [5.41, 5.74) is 5.30. The molecule has 10 heteroatoms. The minimum atomic E-state index is -0.882. The molecule has 3 aliphatic rings. The van der Waals surface area contributed by atoms with Gasteiger partial charge in [-0.05, 0) is 87.1 Å². The maximum atomic E-state index is 13.9. The zero-order valence-corrected chi connectivity index (χ0v) is 33.3. The minimum absolute atomic E-state index is 0.0172. The first-order valence-corrected chi connectivity index (χ1v) is 20.0. The Labute approximate surface area is 326 Å². The van der Waals surface area contributed by atoms with E-state index in [0.29, 0.717) is 18.5 Å². The lowest BCUT2D eigenvalue weighted by Crippen LogP contribution is -2.61. The number of benzene rings is 3. The van der Waals surface area contributed by atoms with Crippen LogP contribution in [0.15, 0.2) is 72.8 Å². The maximum absolute atomic E-state index is 13.9. The Morgan fingerprint density at radius 3 is 2.29 bits per heavy atom. The fourth-order valence-corrected chi connectivity index (χ4v) is 8.67. The SMILES string of the molecule is CC(=O)O[C@@H](C)C(=O)NCc1ccccc1-c1ccc([C@H]2O[C@@H](CN3[C@@H](C(=O)NC(C)(C)C)CC[C@H]4CCCC[C@H]43)[C@@H](C)[C@@H](c3ccc(CO)cc3)O2)cc1. The monoisotopic (exact) mass is 753 g/mol. The van der Waals surface area contributed by atoms with Gasteiger partial charge in [0.15, 0.2) is 12.4 Å². The van der Waals surface area contributed by atoms with E-state index in [9.17, 15) is 19.5 Å². The lowest BCUT2D eigenvalue weighted by atomic mass is 9.75. The molecule has 3 fully saturated rings. The predicted molar refractivity (Wildman–Crippen MR) is 211 cm³/mol. The van der Waals surface area contributed by atoms with Crippen molar-refractivity contribution < 1.29 is 33.7 Å². The number of amides is 2. The van der Waals surface area contributed by atoms with E-state index in [1.54, 1.807) is 6.92 Å². The van der Waals surface area contributed by atoms with Crippen LogP contribution >= 0.6 is 0 Å². The third-order valence-corrected chi connectivity index (χ3v) is 11.5. The molecule has 6 rings (SSSR count). The lowest BCUT2D eigenvalue weighted by molar-refractivity contribution is -0.278. The van der Waals surface area contributed by atoms with Gasteiger partial charge in [0.25, 0.3) is 5.91 Å². The average molecular weight is 754 g/mol. The summed E-state index contributed by atoms with van der Waals surface area (Å²) >= 11 is 0. The number of ether oxygens (including phenoxy) is 3. The van der Waals surface area contributed by atoms with Crippen LogP contribution in [0.25, 0.3) is 11.1 Å². The Kier molecular flexibility index (Phi) is 13.1. The molecule has 2 amide bonds. The van der Waals surface area contributed by atoms with E-state index in [1.165, 1.54) is 26.2 Å². The van der Waals surface area contributed by atoms with Gasteiger partial charge in [0.1, 0.15) is 0 Å². The second-order valence-corrected chi connectivity index (χ2v) is 16.7. The van der Waals surface area contributed by atoms with E-state index in [-0.39, 0.29) is 54.7 Å². The number of esters is 1. The molecule has 2 aliphatic heterocycles. The second kappa shape index (κ2) is 17.8. The van der Waals surface area contributed by atoms with Crippen LogP contribution in [0.4, 0.5) is 0 Å². The third kappa shape index (κ3) is 10.0. The number of piperidine rings is 1. The molecule has 1 aliphatic carbocycles. The molecule has 3 aromatic carbocycles. The van der Waals surface area contributed by atoms with Gasteiger partial charge in [-0.3, -0.25) is 19.3 Å². The number of carbonyl (C=O) groups is 3. The number of likely N-dealkylation sites (tertiary alicyclic amines) is 1. The summed E-state index contributed by atoms with van der Waals surface area (Å²) in [7, 11) is 0. The van der Waals surface area contributed by atoms with Crippen LogP contribution in [0.1, 0.15) is 115 Å². The van der Waals surface area contributed by atoms with Crippen LogP contribution < -0.4 is 10.6 Å². The first kappa shape index (κ1) is 40.6. The van der Waals surface area contributed by atoms with Crippen LogP contribution in [0.2, 0.25) is 0 Å². The fourth-order valence-electron chi connectivity index (χ4n) is 8.67. The van der Waals surface area contributed by atoms with Crippen LogP contribution in [-0.2, 0) is 41.7 Å². The molecule has 1 saturated carbocycles. The number of aliphatic hydroxyl groups excluding tert-OH is 1. The molecule has 3 N–H and O–H groups in total. The van der Waals surface area contributed by atoms with Gasteiger partial charge in [0, 0.05) is 43.1 Å². The van der Waals surface area contributed by atoms with Gasteiger partial charge in [0.05, 0.1) is 24.9 Å². The van der Waals surface area contributed by atoms with Crippen molar-refractivity contribution in [1.82, 2.24) is 15.5 Å². The predicted octanol–water partition coefficient (Wildman–Crippen LogP) is 7.14. The van der Waals surface area contributed by atoms with Crippen LogP contribution in [0.3, 0.4) is 0 Å². The first-order chi connectivity index (χ1) is 26.3. The van der Waals surface area contributed by atoms with E-state index in [0.717, 1.165) is 52.6 Å². The molecule has 0 unspecified atom stereocenters. The first-order valence-electron chi connectivity index (χ1n) is 20.0. The van der Waals surface area contributed by atoms with Crippen molar-refractivity contribution in [3.05, 3.63) is 95.1 Å². The van der Waals surface area contributed by atoms with Gasteiger partial charge >= 0.3 is 5.97 Å². The van der Waals surface area contributed by atoms with E-state index in [4.69, 9.17) is 14.2 Å². The van der Waals surface area contributed by atoms with Crippen molar-refractivity contribution in [3.8, 4) is 11.1 Å². The zero-order chi connectivity index (χ0) is 39.3. The molecule has 0 aromatic heterocycles. The van der Waals surface area contributed by atoms with Crippen LogP contribution in [0, 0.1) is 11.8 Å². The molecule has 8 atom stereocenters. The van der Waals surface area contributed by atoms with Gasteiger partial charge in [-0.1, -0.05) is 92.6 Å². The molecular formula is C45H59N3O7. The van der Waals surface area contributed by atoms with Crippen LogP contribution in [-0.4, -0.2) is 64.2 Å². The molecule has 55 heavy (non-hydrogen) atoms. The summed E-state index contributed by atoms with van der Waals surface area (Å²) in [5, 5.41) is 15.9. The van der Waals surface area contributed by atoms with E-state index in [1.807, 2.05) is 93.6 Å². The van der Waals surface area contributed by atoms with E-state index >= 15 is 0 Å². The highest BCUT2D eigenvalue weighted by atomic mass is 16.7. The normalized spacial score (nSPS) is 26.3. The zero-order valence-electron chi connectivity index (χ0n) is 33.3. The molecule has 10 nitrogen and oxygen atoms in total. The number of nitrogens with one attached hydrogen (secondary N) is 2. The number of carbonyl (C=O) groups excluding carboxylic acids is 3. The summed E-state index contributed by atoms with van der Waals surface area (Å²) < 4.78 is 18.8. The molecule has 2 heterocycles.